The van der Waals surface area contributed by atoms with E-state index in [2.05, 4.69) is 15.2 Å². The lowest BCUT2D eigenvalue weighted by Gasteiger charge is -2.33. The van der Waals surface area contributed by atoms with Crippen molar-refractivity contribution in [1.82, 2.24) is 14.9 Å². The molecule has 3 rings (SSSR count). The van der Waals surface area contributed by atoms with E-state index in [1.54, 1.807) is 6.20 Å². The van der Waals surface area contributed by atoms with Crippen molar-refractivity contribution >= 4 is 17.8 Å². The van der Waals surface area contributed by atoms with Crippen LogP contribution >= 0.6 is 0 Å². The molecule has 7 heteroatoms. The smallest absolute Gasteiger partial charge is 0.307 e. The molecule has 2 fully saturated rings. The van der Waals surface area contributed by atoms with Crippen molar-refractivity contribution in [1.29, 1.82) is 0 Å². The standard InChI is InChI=1S/C16H24N4O3/c1-16(2)11(12(16)14(22)23)13(21)18-10-4-7-20(8-5-10)15-17-6-9-19(15)3/h6,9-12H,4-5,7-8H2,1-3H3,(H,18,21)(H,22,23)/t11-,12+/m0/s1. The van der Waals surface area contributed by atoms with Crippen LogP contribution in [0, 0.1) is 17.3 Å². The highest BCUT2D eigenvalue weighted by atomic mass is 16.4. The van der Waals surface area contributed by atoms with Gasteiger partial charge in [-0.25, -0.2) is 4.98 Å². The molecule has 1 saturated carbocycles. The van der Waals surface area contributed by atoms with Gasteiger partial charge in [0.25, 0.3) is 0 Å². The van der Waals surface area contributed by atoms with E-state index in [0.717, 1.165) is 31.9 Å². The number of carboxylic acid groups (broad SMARTS) is 1. The first-order valence-electron chi connectivity index (χ1n) is 8.08. The molecule has 2 atom stereocenters. The van der Waals surface area contributed by atoms with Gasteiger partial charge in [0.2, 0.25) is 11.9 Å². The highest BCUT2D eigenvalue weighted by Gasteiger charge is 2.66. The summed E-state index contributed by atoms with van der Waals surface area (Å²) >= 11 is 0. The Morgan fingerprint density at radius 3 is 2.43 bits per heavy atom. The molecule has 0 spiro atoms. The minimum atomic E-state index is -0.875. The van der Waals surface area contributed by atoms with Crippen molar-refractivity contribution < 1.29 is 14.7 Å². The van der Waals surface area contributed by atoms with Gasteiger partial charge in [-0.05, 0) is 18.3 Å². The summed E-state index contributed by atoms with van der Waals surface area (Å²) in [4.78, 5) is 30.1. The molecule has 1 aliphatic heterocycles. The number of rotatable bonds is 4. The highest BCUT2D eigenvalue weighted by molar-refractivity contribution is 5.91. The van der Waals surface area contributed by atoms with Crippen LogP contribution in [0.15, 0.2) is 12.4 Å². The minimum absolute atomic E-state index is 0.113. The number of hydrogen-bond acceptors (Lipinski definition) is 4. The molecule has 1 aromatic rings. The second-order valence-electron chi connectivity index (χ2n) is 7.22. The van der Waals surface area contributed by atoms with Gasteiger partial charge in [-0.15, -0.1) is 0 Å². The summed E-state index contributed by atoms with van der Waals surface area (Å²) in [6.07, 6.45) is 5.40. The van der Waals surface area contributed by atoms with Gasteiger partial charge in [-0.2, -0.15) is 0 Å². The third-order valence-electron chi connectivity index (χ3n) is 5.30. The van der Waals surface area contributed by atoms with Crippen molar-refractivity contribution in [2.75, 3.05) is 18.0 Å². The number of aryl methyl sites for hydroxylation is 1. The lowest BCUT2D eigenvalue weighted by molar-refractivity contribution is -0.140. The Labute approximate surface area is 135 Å². The number of nitrogens with one attached hydrogen (secondary N) is 1. The van der Waals surface area contributed by atoms with Crippen LogP contribution in [0.1, 0.15) is 26.7 Å². The molecule has 1 aliphatic carbocycles. The second-order valence-corrected chi connectivity index (χ2v) is 7.22. The molecular weight excluding hydrogens is 296 g/mol. The number of piperidine rings is 1. The molecule has 23 heavy (non-hydrogen) atoms. The van der Waals surface area contributed by atoms with Gasteiger partial charge in [-0.1, -0.05) is 13.8 Å². The average Bonchev–Trinajstić information content (AvgIpc) is 2.83. The molecule has 1 aromatic heterocycles. The van der Waals surface area contributed by atoms with Crippen LogP contribution < -0.4 is 10.2 Å². The summed E-state index contributed by atoms with van der Waals surface area (Å²) in [6.45, 7) is 5.37. The molecule has 2 N–H and O–H groups in total. The molecule has 2 heterocycles. The van der Waals surface area contributed by atoms with Crippen LogP contribution in [0.25, 0.3) is 0 Å². The zero-order valence-electron chi connectivity index (χ0n) is 13.8. The molecular formula is C16H24N4O3. The monoisotopic (exact) mass is 320 g/mol. The SMILES string of the molecule is Cn1ccnc1N1CCC(NC(=O)[C@@H]2[C@H](C(=O)O)C2(C)C)CC1. The molecule has 0 aromatic carbocycles. The van der Waals surface area contributed by atoms with Crippen LogP contribution in [0.3, 0.4) is 0 Å². The maximum absolute atomic E-state index is 12.4. The normalized spacial score (nSPS) is 26.8. The van der Waals surface area contributed by atoms with Crippen molar-refractivity contribution in [2.24, 2.45) is 24.3 Å². The molecule has 2 aliphatic rings. The summed E-state index contributed by atoms with van der Waals surface area (Å²) in [5.41, 5.74) is -0.441. The van der Waals surface area contributed by atoms with E-state index in [0.29, 0.717) is 0 Å². The van der Waals surface area contributed by atoms with Gasteiger partial charge in [-0.3, -0.25) is 9.59 Å². The molecule has 0 bridgehead atoms. The van der Waals surface area contributed by atoms with E-state index < -0.39 is 23.2 Å². The number of imidazole rings is 1. The Hall–Kier alpha value is -2.05. The van der Waals surface area contributed by atoms with E-state index in [4.69, 9.17) is 0 Å². The van der Waals surface area contributed by atoms with Crippen molar-refractivity contribution in [3.8, 4) is 0 Å². The van der Waals surface area contributed by atoms with Gasteiger partial charge in [0.1, 0.15) is 0 Å². The number of carbonyl (C=O) groups excluding carboxylic acids is 1. The van der Waals surface area contributed by atoms with Crippen LogP contribution in [-0.4, -0.2) is 45.7 Å². The summed E-state index contributed by atoms with van der Waals surface area (Å²) in [7, 11) is 1.97. The lowest BCUT2D eigenvalue weighted by Crippen LogP contribution is -2.46. The zero-order valence-corrected chi connectivity index (χ0v) is 13.8. The van der Waals surface area contributed by atoms with Gasteiger partial charge < -0.3 is 19.9 Å². The Bertz CT molecular complexity index is 617. The first kappa shape index (κ1) is 15.8. The fraction of sp³-hybridized carbons (Fsp3) is 0.688. The molecule has 1 amide bonds. The quantitative estimate of drug-likeness (QED) is 0.859. The van der Waals surface area contributed by atoms with Crippen molar-refractivity contribution in [3.05, 3.63) is 12.4 Å². The van der Waals surface area contributed by atoms with Crippen LogP contribution in [0.2, 0.25) is 0 Å². The highest BCUT2D eigenvalue weighted by Crippen LogP contribution is 2.58. The Kier molecular flexibility index (Phi) is 3.82. The Morgan fingerprint density at radius 2 is 1.96 bits per heavy atom. The van der Waals surface area contributed by atoms with Gasteiger partial charge in [0.15, 0.2) is 0 Å². The lowest BCUT2D eigenvalue weighted by atomic mass is 10.0. The maximum Gasteiger partial charge on any atom is 0.307 e. The zero-order chi connectivity index (χ0) is 16.8. The minimum Gasteiger partial charge on any atom is -0.481 e. The molecule has 7 nitrogen and oxygen atoms in total. The molecule has 1 saturated heterocycles. The average molecular weight is 320 g/mol. The Morgan fingerprint density at radius 1 is 1.30 bits per heavy atom. The van der Waals surface area contributed by atoms with Crippen LogP contribution in [0.4, 0.5) is 5.95 Å². The number of nitrogens with zero attached hydrogens (tertiary/aromatic N) is 3. The molecule has 126 valence electrons. The molecule has 0 unspecified atom stereocenters. The van der Waals surface area contributed by atoms with E-state index in [9.17, 15) is 14.7 Å². The largest absolute Gasteiger partial charge is 0.481 e. The fourth-order valence-corrected chi connectivity index (χ4v) is 3.77. The summed E-state index contributed by atoms with van der Waals surface area (Å²) < 4.78 is 1.99. The van der Waals surface area contributed by atoms with Gasteiger partial charge in [0, 0.05) is 38.6 Å². The predicted octanol–water partition coefficient (Wildman–Crippen LogP) is 0.862. The topological polar surface area (TPSA) is 87.5 Å². The van der Waals surface area contributed by atoms with E-state index >= 15 is 0 Å². The van der Waals surface area contributed by atoms with E-state index in [-0.39, 0.29) is 11.9 Å². The number of anilines is 1. The summed E-state index contributed by atoms with van der Waals surface area (Å²) in [6, 6.07) is 0.116. The predicted molar refractivity (Wildman–Crippen MR) is 85.0 cm³/mol. The number of aromatic nitrogens is 2. The fourth-order valence-electron chi connectivity index (χ4n) is 3.77. The number of carbonyl (C=O) groups is 2. The van der Waals surface area contributed by atoms with Crippen molar-refractivity contribution in [2.45, 2.75) is 32.7 Å². The summed E-state index contributed by atoms with van der Waals surface area (Å²) in [5, 5.41) is 12.2. The third kappa shape index (κ3) is 2.80. The molecule has 0 radical (unpaired) electrons. The van der Waals surface area contributed by atoms with Crippen molar-refractivity contribution in [3.63, 3.8) is 0 Å². The first-order valence-corrected chi connectivity index (χ1v) is 8.08. The van der Waals surface area contributed by atoms with E-state index in [1.165, 1.54) is 0 Å². The number of carboxylic acids is 1. The summed E-state index contributed by atoms with van der Waals surface area (Å²) in [5.74, 6) is -1.01. The number of aliphatic carboxylic acids is 1. The number of hydrogen-bond donors (Lipinski definition) is 2. The van der Waals surface area contributed by atoms with Crippen LogP contribution in [0.5, 0.6) is 0 Å². The maximum atomic E-state index is 12.4. The van der Waals surface area contributed by atoms with E-state index in [1.807, 2.05) is 31.7 Å². The van der Waals surface area contributed by atoms with Gasteiger partial charge >= 0.3 is 5.97 Å². The third-order valence-corrected chi connectivity index (χ3v) is 5.30. The second kappa shape index (κ2) is 5.54. The van der Waals surface area contributed by atoms with Gasteiger partial charge in [0.05, 0.1) is 11.8 Å². The number of amides is 1. The van der Waals surface area contributed by atoms with Crippen LogP contribution in [-0.2, 0) is 16.6 Å². The first-order chi connectivity index (χ1) is 10.8. The Balaban J connectivity index is 1.53.